The Morgan fingerprint density at radius 2 is 2.25 bits per heavy atom. The second kappa shape index (κ2) is 5.86. The largest absolute Gasteiger partial charge is 0.411 e. The first-order valence-electron chi connectivity index (χ1n) is 4.41. The minimum absolute atomic E-state index is 0.311. The van der Waals surface area contributed by atoms with Crippen molar-refractivity contribution < 1.29 is 22.7 Å². The van der Waals surface area contributed by atoms with Crippen molar-refractivity contribution in [3.8, 4) is 0 Å². The van der Waals surface area contributed by atoms with E-state index in [1.807, 2.05) is 17.5 Å². The van der Waals surface area contributed by atoms with E-state index >= 15 is 0 Å². The number of hydrogen-bond donors (Lipinski definition) is 1. The lowest BCUT2D eigenvalue weighted by Gasteiger charge is -2.07. The van der Waals surface area contributed by atoms with Gasteiger partial charge in [0.25, 0.3) is 0 Å². The van der Waals surface area contributed by atoms with Gasteiger partial charge in [0.15, 0.2) is 0 Å². The minimum atomic E-state index is -4.39. The number of thiophene rings is 1. The molecular weight excluding hydrogens is 243 g/mol. The van der Waals surface area contributed by atoms with Gasteiger partial charge in [-0.25, -0.2) is 0 Å². The van der Waals surface area contributed by atoms with Crippen molar-refractivity contribution in [3.05, 3.63) is 22.4 Å². The zero-order valence-corrected chi connectivity index (χ0v) is 9.03. The molecule has 0 aliphatic heterocycles. The Morgan fingerprint density at radius 1 is 1.50 bits per heavy atom. The van der Waals surface area contributed by atoms with Crippen LogP contribution in [0.25, 0.3) is 0 Å². The predicted molar refractivity (Wildman–Crippen MR) is 53.0 cm³/mol. The van der Waals surface area contributed by atoms with Gasteiger partial charge in [0.2, 0.25) is 5.91 Å². The van der Waals surface area contributed by atoms with Crippen molar-refractivity contribution in [3.63, 3.8) is 0 Å². The van der Waals surface area contributed by atoms with Crippen LogP contribution in [0.4, 0.5) is 13.2 Å². The average molecular weight is 253 g/mol. The van der Waals surface area contributed by atoms with E-state index in [1.165, 1.54) is 11.3 Å². The van der Waals surface area contributed by atoms with E-state index in [9.17, 15) is 18.0 Å². The van der Waals surface area contributed by atoms with Crippen LogP contribution in [0.15, 0.2) is 17.5 Å². The molecule has 0 radical (unpaired) electrons. The van der Waals surface area contributed by atoms with Crippen molar-refractivity contribution in [1.29, 1.82) is 0 Å². The summed E-state index contributed by atoms with van der Waals surface area (Å²) in [5.41, 5.74) is 0. The van der Waals surface area contributed by atoms with Crippen LogP contribution in [-0.4, -0.2) is 25.3 Å². The van der Waals surface area contributed by atoms with Gasteiger partial charge >= 0.3 is 6.18 Å². The van der Waals surface area contributed by atoms with Crippen LogP contribution in [0.3, 0.4) is 0 Å². The van der Waals surface area contributed by atoms with Gasteiger partial charge in [-0.3, -0.25) is 4.79 Å². The second-order valence-corrected chi connectivity index (χ2v) is 4.00. The van der Waals surface area contributed by atoms with Crippen LogP contribution in [0.1, 0.15) is 4.88 Å². The molecule has 0 saturated heterocycles. The molecule has 0 unspecified atom stereocenters. The van der Waals surface area contributed by atoms with E-state index in [0.29, 0.717) is 6.54 Å². The van der Waals surface area contributed by atoms with E-state index in [0.717, 1.165) is 4.88 Å². The highest BCUT2D eigenvalue weighted by atomic mass is 32.1. The maximum absolute atomic E-state index is 11.7. The summed E-state index contributed by atoms with van der Waals surface area (Å²) in [5.74, 6) is -0.558. The molecule has 1 N–H and O–H groups in total. The van der Waals surface area contributed by atoms with Gasteiger partial charge in [-0.05, 0) is 11.4 Å². The van der Waals surface area contributed by atoms with Gasteiger partial charge in [0, 0.05) is 4.88 Å². The molecule has 1 rings (SSSR count). The first-order valence-corrected chi connectivity index (χ1v) is 5.29. The third-order valence-electron chi connectivity index (χ3n) is 1.54. The Labute approximate surface area is 94.2 Å². The third-order valence-corrected chi connectivity index (χ3v) is 2.42. The number of carbonyl (C=O) groups is 1. The summed E-state index contributed by atoms with van der Waals surface area (Å²) in [6.45, 7) is -1.67. The first kappa shape index (κ1) is 13.0. The van der Waals surface area contributed by atoms with Crippen LogP contribution in [0, 0.1) is 0 Å². The summed E-state index contributed by atoms with van der Waals surface area (Å²) in [6, 6.07) is 3.65. The molecule has 0 atom stereocenters. The topological polar surface area (TPSA) is 38.3 Å². The average Bonchev–Trinajstić information content (AvgIpc) is 2.65. The summed E-state index contributed by atoms with van der Waals surface area (Å²) >= 11 is 1.46. The monoisotopic (exact) mass is 253 g/mol. The third kappa shape index (κ3) is 5.72. The highest BCUT2D eigenvalue weighted by Crippen LogP contribution is 2.14. The molecule has 0 saturated carbocycles. The number of hydrogen-bond acceptors (Lipinski definition) is 3. The number of alkyl halides is 3. The molecule has 1 amide bonds. The molecule has 0 aliphatic rings. The molecule has 0 spiro atoms. The number of halogens is 3. The second-order valence-electron chi connectivity index (χ2n) is 2.96. The molecule has 1 aromatic rings. The summed E-state index contributed by atoms with van der Waals surface area (Å²) < 4.78 is 39.2. The van der Waals surface area contributed by atoms with E-state index in [4.69, 9.17) is 0 Å². The highest BCUT2D eigenvalue weighted by molar-refractivity contribution is 7.09. The van der Waals surface area contributed by atoms with Gasteiger partial charge in [-0.1, -0.05) is 6.07 Å². The minimum Gasteiger partial charge on any atom is -0.362 e. The van der Waals surface area contributed by atoms with Gasteiger partial charge in [0.1, 0.15) is 13.2 Å². The Morgan fingerprint density at radius 3 is 2.81 bits per heavy atom. The van der Waals surface area contributed by atoms with E-state index in [2.05, 4.69) is 10.1 Å². The van der Waals surface area contributed by atoms with Crippen molar-refractivity contribution >= 4 is 17.2 Å². The summed E-state index contributed by atoms with van der Waals surface area (Å²) in [4.78, 5) is 12.0. The Balaban J connectivity index is 2.12. The summed E-state index contributed by atoms with van der Waals surface area (Å²) in [6.07, 6.45) is -4.39. The number of carbonyl (C=O) groups excluding carboxylic acids is 1. The van der Waals surface area contributed by atoms with Crippen LogP contribution >= 0.6 is 11.3 Å². The van der Waals surface area contributed by atoms with Gasteiger partial charge < -0.3 is 10.1 Å². The molecule has 1 aromatic heterocycles. The fraction of sp³-hybridized carbons (Fsp3) is 0.444. The molecule has 16 heavy (non-hydrogen) atoms. The number of ether oxygens (including phenoxy) is 1. The van der Waals surface area contributed by atoms with Crippen molar-refractivity contribution in [2.45, 2.75) is 12.7 Å². The zero-order chi connectivity index (χ0) is 12.0. The lowest BCUT2D eigenvalue weighted by atomic mass is 10.4. The molecule has 0 aliphatic carbocycles. The van der Waals surface area contributed by atoms with E-state index in [1.54, 1.807) is 0 Å². The smallest absolute Gasteiger partial charge is 0.362 e. The summed E-state index contributed by atoms with van der Waals surface area (Å²) in [5, 5.41) is 4.30. The molecule has 1 heterocycles. The molecule has 0 fully saturated rings. The first-order chi connectivity index (χ1) is 7.47. The van der Waals surface area contributed by atoms with E-state index in [-0.39, 0.29) is 0 Å². The summed E-state index contributed by atoms with van der Waals surface area (Å²) in [7, 11) is 0. The Bertz CT molecular complexity index is 324. The lowest BCUT2D eigenvalue weighted by molar-refractivity contribution is -0.175. The quantitative estimate of drug-likeness (QED) is 0.871. The van der Waals surface area contributed by atoms with Gasteiger partial charge in [-0.2, -0.15) is 13.2 Å². The van der Waals surface area contributed by atoms with Crippen molar-refractivity contribution in [1.82, 2.24) is 5.32 Å². The zero-order valence-electron chi connectivity index (χ0n) is 8.21. The van der Waals surface area contributed by atoms with Crippen LogP contribution in [0.5, 0.6) is 0 Å². The number of rotatable bonds is 5. The van der Waals surface area contributed by atoms with Crippen LogP contribution in [-0.2, 0) is 16.1 Å². The molecular formula is C9H10F3NO2S. The molecule has 3 nitrogen and oxygen atoms in total. The van der Waals surface area contributed by atoms with E-state index < -0.39 is 25.3 Å². The van der Waals surface area contributed by atoms with Crippen molar-refractivity contribution in [2.24, 2.45) is 0 Å². The van der Waals surface area contributed by atoms with Crippen LogP contribution < -0.4 is 5.32 Å². The molecule has 0 aromatic carbocycles. The number of nitrogens with one attached hydrogen (secondary N) is 1. The Kier molecular flexibility index (Phi) is 4.75. The highest BCUT2D eigenvalue weighted by Gasteiger charge is 2.27. The Hall–Kier alpha value is -1.08. The molecule has 90 valence electrons. The van der Waals surface area contributed by atoms with Crippen molar-refractivity contribution in [2.75, 3.05) is 13.2 Å². The fourth-order valence-electron chi connectivity index (χ4n) is 0.909. The standard InChI is InChI=1S/C9H10F3NO2S/c10-9(11,12)6-15-5-8(14)13-4-7-2-1-3-16-7/h1-3H,4-6H2,(H,13,14). The SMILES string of the molecule is O=C(COCC(F)(F)F)NCc1cccs1. The normalized spacial score (nSPS) is 11.4. The van der Waals surface area contributed by atoms with Gasteiger partial charge in [-0.15, -0.1) is 11.3 Å². The predicted octanol–water partition coefficient (Wildman–Crippen LogP) is 1.94. The lowest BCUT2D eigenvalue weighted by Crippen LogP contribution is -2.29. The maximum atomic E-state index is 11.7. The van der Waals surface area contributed by atoms with Crippen LogP contribution in [0.2, 0.25) is 0 Å². The number of amides is 1. The van der Waals surface area contributed by atoms with Gasteiger partial charge in [0.05, 0.1) is 6.54 Å². The molecule has 0 bridgehead atoms. The fourth-order valence-corrected chi connectivity index (χ4v) is 1.55. The maximum Gasteiger partial charge on any atom is 0.411 e. The molecule has 7 heteroatoms.